The van der Waals surface area contributed by atoms with Crippen LogP contribution in [0.2, 0.25) is 0 Å². The molecule has 1 amide bonds. The molecule has 1 aliphatic heterocycles. The first kappa shape index (κ1) is 18.4. The highest BCUT2D eigenvalue weighted by Crippen LogP contribution is 2.28. The Balaban J connectivity index is 0.00000110. The monoisotopic (exact) mass is 365 g/mol. The summed E-state index contributed by atoms with van der Waals surface area (Å²) >= 11 is 3.27. The first-order valence-electron chi connectivity index (χ1n) is 6.24. The quantitative estimate of drug-likeness (QED) is 0.909. The van der Waals surface area contributed by atoms with E-state index in [1.54, 1.807) is 22.7 Å². The van der Waals surface area contributed by atoms with Crippen molar-refractivity contribution in [3.05, 3.63) is 28.6 Å². The average Bonchev–Trinajstić information content (AvgIpc) is 3.07. The highest BCUT2D eigenvalue weighted by Gasteiger charge is 2.24. The van der Waals surface area contributed by atoms with Gasteiger partial charge in [-0.2, -0.15) is 0 Å². The van der Waals surface area contributed by atoms with Gasteiger partial charge in [-0.3, -0.25) is 4.79 Å². The molecule has 1 aliphatic rings. The number of amides is 1. The molecule has 0 aromatic carbocycles. The van der Waals surface area contributed by atoms with E-state index in [-0.39, 0.29) is 36.8 Å². The third-order valence-electron chi connectivity index (χ3n) is 3.19. The number of thiazole rings is 1. The number of nitrogens with two attached hydrogens (primary N) is 1. The van der Waals surface area contributed by atoms with Crippen molar-refractivity contribution in [2.75, 3.05) is 13.1 Å². The minimum Gasteiger partial charge on any atom is -0.341 e. The molecule has 116 valence electrons. The van der Waals surface area contributed by atoms with Crippen molar-refractivity contribution < 1.29 is 4.79 Å². The highest BCUT2D eigenvalue weighted by molar-refractivity contribution is 7.20. The molecule has 0 bridgehead atoms. The second-order valence-electron chi connectivity index (χ2n) is 4.69. The Kier molecular flexibility index (Phi) is 7.09. The van der Waals surface area contributed by atoms with Crippen LogP contribution in [0.15, 0.2) is 22.9 Å². The second kappa shape index (κ2) is 8.10. The van der Waals surface area contributed by atoms with Gasteiger partial charge in [-0.1, -0.05) is 6.07 Å². The zero-order valence-electron chi connectivity index (χ0n) is 11.2. The lowest BCUT2D eigenvalue weighted by Crippen LogP contribution is -2.32. The normalized spacial score (nSPS) is 17.2. The number of hydrogen-bond acceptors (Lipinski definition) is 5. The smallest absolute Gasteiger partial charge is 0.228 e. The molecule has 0 radical (unpaired) electrons. The Labute approximate surface area is 144 Å². The van der Waals surface area contributed by atoms with Gasteiger partial charge in [0.25, 0.3) is 0 Å². The van der Waals surface area contributed by atoms with Crippen LogP contribution in [0, 0.1) is 0 Å². The molecule has 1 saturated heterocycles. The molecule has 21 heavy (non-hydrogen) atoms. The summed E-state index contributed by atoms with van der Waals surface area (Å²) in [6.07, 6.45) is 1.29. The van der Waals surface area contributed by atoms with Crippen LogP contribution in [0.4, 0.5) is 0 Å². The molecule has 0 unspecified atom stereocenters. The van der Waals surface area contributed by atoms with E-state index < -0.39 is 0 Å². The summed E-state index contributed by atoms with van der Waals surface area (Å²) < 4.78 is 0. The maximum Gasteiger partial charge on any atom is 0.228 e. The molecule has 2 aromatic heterocycles. The van der Waals surface area contributed by atoms with Gasteiger partial charge in [0.1, 0.15) is 5.01 Å². The molecule has 0 saturated carbocycles. The fourth-order valence-electron chi connectivity index (χ4n) is 2.18. The van der Waals surface area contributed by atoms with Gasteiger partial charge in [0, 0.05) is 24.5 Å². The Morgan fingerprint density at radius 3 is 2.86 bits per heavy atom. The van der Waals surface area contributed by atoms with Gasteiger partial charge in [-0.15, -0.1) is 47.5 Å². The number of halogens is 2. The van der Waals surface area contributed by atoms with E-state index in [2.05, 4.69) is 11.1 Å². The SMILES string of the molecule is Cl.Cl.N[C@@H]1CCN(C(=O)Cc2csc(-c3cccs3)n2)C1. The lowest BCUT2D eigenvalue weighted by atomic mass is 10.3. The van der Waals surface area contributed by atoms with Gasteiger partial charge < -0.3 is 10.6 Å². The zero-order chi connectivity index (χ0) is 13.2. The maximum absolute atomic E-state index is 12.1. The van der Waals surface area contributed by atoms with E-state index in [4.69, 9.17) is 5.73 Å². The van der Waals surface area contributed by atoms with Gasteiger partial charge in [0.15, 0.2) is 0 Å². The number of aromatic nitrogens is 1. The van der Waals surface area contributed by atoms with Crippen LogP contribution in [-0.2, 0) is 11.2 Å². The van der Waals surface area contributed by atoms with Crippen LogP contribution >= 0.6 is 47.5 Å². The van der Waals surface area contributed by atoms with Gasteiger partial charge >= 0.3 is 0 Å². The molecule has 1 fully saturated rings. The molecular formula is C13H17Cl2N3OS2. The Bertz CT molecular complexity index is 574. The summed E-state index contributed by atoms with van der Waals surface area (Å²) in [5.41, 5.74) is 6.68. The average molecular weight is 366 g/mol. The minimum absolute atomic E-state index is 0. The van der Waals surface area contributed by atoms with Crippen LogP contribution in [0.3, 0.4) is 0 Å². The summed E-state index contributed by atoms with van der Waals surface area (Å²) in [6.45, 7) is 1.46. The van der Waals surface area contributed by atoms with E-state index >= 15 is 0 Å². The molecule has 2 aromatic rings. The number of likely N-dealkylation sites (tertiary alicyclic amines) is 1. The van der Waals surface area contributed by atoms with Crippen LogP contribution in [0.25, 0.3) is 9.88 Å². The summed E-state index contributed by atoms with van der Waals surface area (Å²) in [7, 11) is 0. The molecule has 8 heteroatoms. The van der Waals surface area contributed by atoms with E-state index in [1.165, 1.54) is 0 Å². The highest BCUT2D eigenvalue weighted by atomic mass is 35.5. The molecular weight excluding hydrogens is 349 g/mol. The minimum atomic E-state index is 0. The first-order chi connectivity index (χ1) is 9.22. The molecule has 3 heterocycles. The Morgan fingerprint density at radius 1 is 1.43 bits per heavy atom. The van der Waals surface area contributed by atoms with Crippen LogP contribution < -0.4 is 5.73 Å². The third kappa shape index (κ3) is 4.40. The van der Waals surface area contributed by atoms with E-state index in [0.717, 1.165) is 28.5 Å². The Hall–Kier alpha value is -0.660. The van der Waals surface area contributed by atoms with Gasteiger partial charge in [-0.25, -0.2) is 4.98 Å². The largest absolute Gasteiger partial charge is 0.341 e. The number of nitrogens with zero attached hydrogens (tertiary/aromatic N) is 2. The van der Waals surface area contributed by atoms with Crippen molar-refractivity contribution in [1.29, 1.82) is 0 Å². The zero-order valence-corrected chi connectivity index (χ0v) is 14.5. The summed E-state index contributed by atoms with van der Waals surface area (Å²) in [5, 5.41) is 5.01. The second-order valence-corrected chi connectivity index (χ2v) is 6.49. The molecule has 3 rings (SSSR count). The standard InChI is InChI=1S/C13H15N3OS2.2ClH/c14-9-3-4-16(7-9)12(17)6-10-8-19-13(15-10)11-2-1-5-18-11;;/h1-2,5,8-9H,3-4,6-7,14H2;2*1H/t9-;;/m1../s1. The first-order valence-corrected chi connectivity index (χ1v) is 8.00. The van der Waals surface area contributed by atoms with Crippen molar-refractivity contribution in [3.8, 4) is 9.88 Å². The maximum atomic E-state index is 12.1. The molecule has 1 atom stereocenters. The lowest BCUT2D eigenvalue weighted by Gasteiger charge is -2.14. The van der Waals surface area contributed by atoms with Crippen LogP contribution in [0.5, 0.6) is 0 Å². The van der Waals surface area contributed by atoms with Gasteiger partial charge in [-0.05, 0) is 17.9 Å². The number of carbonyl (C=O) groups excluding carboxylic acids is 1. The molecule has 2 N–H and O–H groups in total. The molecule has 0 spiro atoms. The van der Waals surface area contributed by atoms with Crippen molar-refractivity contribution in [2.24, 2.45) is 5.73 Å². The summed E-state index contributed by atoms with van der Waals surface area (Å²) in [4.78, 5) is 19.6. The van der Waals surface area contributed by atoms with Gasteiger partial charge in [0.05, 0.1) is 17.0 Å². The summed E-state index contributed by atoms with van der Waals surface area (Å²) in [6, 6.07) is 4.20. The molecule has 0 aliphatic carbocycles. The van der Waals surface area contributed by atoms with E-state index in [0.29, 0.717) is 13.0 Å². The van der Waals surface area contributed by atoms with Gasteiger partial charge in [0.2, 0.25) is 5.91 Å². The fraction of sp³-hybridized carbons (Fsp3) is 0.385. The fourth-order valence-corrected chi connectivity index (χ4v) is 3.82. The van der Waals surface area contributed by atoms with Crippen molar-refractivity contribution in [1.82, 2.24) is 9.88 Å². The van der Waals surface area contributed by atoms with Crippen molar-refractivity contribution in [2.45, 2.75) is 18.9 Å². The van der Waals surface area contributed by atoms with E-state index in [1.807, 2.05) is 21.7 Å². The Morgan fingerprint density at radius 2 is 2.24 bits per heavy atom. The van der Waals surface area contributed by atoms with Crippen molar-refractivity contribution in [3.63, 3.8) is 0 Å². The van der Waals surface area contributed by atoms with Crippen LogP contribution in [-0.4, -0.2) is 34.9 Å². The number of carbonyl (C=O) groups is 1. The predicted octanol–water partition coefficient (Wildman–Crippen LogP) is 2.82. The predicted molar refractivity (Wildman–Crippen MR) is 92.8 cm³/mol. The van der Waals surface area contributed by atoms with E-state index in [9.17, 15) is 4.79 Å². The molecule has 4 nitrogen and oxygen atoms in total. The third-order valence-corrected chi connectivity index (χ3v) is 5.12. The topological polar surface area (TPSA) is 59.2 Å². The summed E-state index contributed by atoms with van der Waals surface area (Å²) in [5.74, 6) is 0.135. The lowest BCUT2D eigenvalue weighted by molar-refractivity contribution is -0.129. The number of hydrogen-bond donors (Lipinski definition) is 1. The number of rotatable bonds is 3. The van der Waals surface area contributed by atoms with Crippen LogP contribution in [0.1, 0.15) is 12.1 Å². The number of thiophene rings is 1. The van der Waals surface area contributed by atoms with Crippen molar-refractivity contribution >= 4 is 53.4 Å².